The van der Waals surface area contributed by atoms with E-state index in [0.29, 0.717) is 25.2 Å². The first-order valence-electron chi connectivity index (χ1n) is 15.4. The van der Waals surface area contributed by atoms with Crippen molar-refractivity contribution in [2.24, 2.45) is 0 Å². The molecule has 0 aromatic heterocycles. The normalized spacial score (nSPS) is 28.2. The van der Waals surface area contributed by atoms with E-state index in [1.807, 2.05) is 27.7 Å². The van der Waals surface area contributed by atoms with Gasteiger partial charge in [-0.15, -0.1) is 0 Å². The molecule has 1 unspecified atom stereocenters. The highest BCUT2D eigenvalue weighted by Crippen LogP contribution is 2.33. The van der Waals surface area contributed by atoms with E-state index >= 15 is 4.39 Å². The van der Waals surface area contributed by atoms with Gasteiger partial charge in [0, 0.05) is 66.9 Å². The molecule has 0 saturated carbocycles. The minimum Gasteiger partial charge on any atom is -0.381 e. The van der Waals surface area contributed by atoms with E-state index in [9.17, 15) is 14.4 Å². The van der Waals surface area contributed by atoms with E-state index in [1.165, 1.54) is 30.3 Å². The van der Waals surface area contributed by atoms with Crippen LogP contribution >= 0.6 is 0 Å². The number of amides is 3. The molecule has 2 saturated heterocycles. The highest BCUT2D eigenvalue weighted by molar-refractivity contribution is 6.06. The molecular formula is C29H35FN4O4. The standard InChI is InChI=1S/C29H35FN4O4/c1-28(2)16-33(17-29(3,4)38-28)14-18-8-9-19(22(30)12-18)13-31-23-7-5-6-20-21(23)15-34(27(20)37)24-10-11-25(35)32-26(24)36/h5-9,12,24,31H,10-11,13-17H2,1-4H3,(H,32,35,36)/i10D2,11D2,13D2. The van der Waals surface area contributed by atoms with Crippen LogP contribution in [-0.2, 0) is 33.9 Å². The number of rotatable bonds is 6. The molecule has 202 valence electrons. The monoisotopic (exact) mass is 528 g/mol. The number of anilines is 1. The van der Waals surface area contributed by atoms with Crippen LogP contribution < -0.4 is 10.6 Å². The molecule has 8 nitrogen and oxygen atoms in total. The second kappa shape index (κ2) is 9.78. The van der Waals surface area contributed by atoms with Crippen LogP contribution in [0, 0.1) is 5.82 Å². The molecule has 9 heteroatoms. The summed E-state index contributed by atoms with van der Waals surface area (Å²) in [6, 6.07) is 6.71. The summed E-state index contributed by atoms with van der Waals surface area (Å²) in [4.78, 5) is 41.0. The Morgan fingerprint density at radius 3 is 2.61 bits per heavy atom. The van der Waals surface area contributed by atoms with Gasteiger partial charge < -0.3 is 15.0 Å². The zero-order valence-corrected chi connectivity index (χ0v) is 21.8. The number of hydrogen-bond donors (Lipinski definition) is 2. The molecule has 2 fully saturated rings. The second-order valence-electron chi connectivity index (χ2n) is 11.1. The highest BCUT2D eigenvalue weighted by atomic mass is 19.1. The Morgan fingerprint density at radius 2 is 1.89 bits per heavy atom. The molecule has 2 aromatic carbocycles. The van der Waals surface area contributed by atoms with Crippen molar-refractivity contribution in [3.8, 4) is 0 Å². The average molecular weight is 529 g/mol. The highest BCUT2D eigenvalue weighted by Gasteiger charge is 2.40. The van der Waals surface area contributed by atoms with Crippen LogP contribution in [-0.4, -0.2) is 57.9 Å². The van der Waals surface area contributed by atoms with Crippen LogP contribution in [0.4, 0.5) is 10.1 Å². The summed E-state index contributed by atoms with van der Waals surface area (Å²) in [6.45, 7) is 6.90. The van der Waals surface area contributed by atoms with E-state index in [0.717, 1.165) is 4.90 Å². The number of hydrogen-bond acceptors (Lipinski definition) is 6. The Kier molecular flexibility index (Phi) is 5.08. The number of halogens is 1. The number of carbonyl (C=O) groups excluding carboxylic acids is 3. The molecule has 0 aliphatic carbocycles. The predicted octanol–water partition coefficient (Wildman–Crippen LogP) is 3.59. The summed E-state index contributed by atoms with van der Waals surface area (Å²) >= 11 is 0. The van der Waals surface area contributed by atoms with Gasteiger partial charge in [0.25, 0.3) is 5.91 Å². The number of nitrogens with one attached hydrogen (secondary N) is 2. The summed E-state index contributed by atoms with van der Waals surface area (Å²) in [5, 5.41) is 4.47. The number of benzene rings is 2. The fraction of sp³-hybridized carbons (Fsp3) is 0.483. The van der Waals surface area contributed by atoms with Crippen LogP contribution in [0.2, 0.25) is 0 Å². The summed E-state index contributed by atoms with van der Waals surface area (Å²) < 4.78 is 71.3. The largest absolute Gasteiger partial charge is 0.381 e. The van der Waals surface area contributed by atoms with E-state index in [2.05, 4.69) is 10.2 Å². The van der Waals surface area contributed by atoms with Crippen LogP contribution in [0.15, 0.2) is 36.4 Å². The number of ether oxygens (including phenoxy) is 1. The van der Waals surface area contributed by atoms with Crippen molar-refractivity contribution in [2.45, 2.75) is 77.3 Å². The molecule has 0 spiro atoms. The maximum atomic E-state index is 15.4. The van der Waals surface area contributed by atoms with Crippen LogP contribution in [0.1, 0.15) is 75.7 Å². The first kappa shape index (κ1) is 19.7. The molecular weight excluding hydrogens is 487 g/mol. The van der Waals surface area contributed by atoms with Crippen LogP contribution in [0.25, 0.3) is 0 Å². The first-order chi connectivity index (χ1) is 20.2. The Balaban J connectivity index is 1.37. The fourth-order valence-corrected chi connectivity index (χ4v) is 5.52. The lowest BCUT2D eigenvalue weighted by Crippen LogP contribution is -2.56. The van der Waals surface area contributed by atoms with Crippen molar-refractivity contribution in [2.75, 3.05) is 18.4 Å². The molecule has 3 amide bonds. The Morgan fingerprint density at radius 1 is 1.16 bits per heavy atom. The number of imide groups is 1. The molecule has 3 aliphatic rings. The van der Waals surface area contributed by atoms with Gasteiger partial charge in [-0.3, -0.25) is 24.6 Å². The molecule has 0 radical (unpaired) electrons. The number of fused-ring (bicyclic) bond motifs is 1. The Hall–Kier alpha value is -3.30. The minimum atomic E-state index is -3.10. The quantitative estimate of drug-likeness (QED) is 0.557. The summed E-state index contributed by atoms with van der Waals surface area (Å²) in [5.74, 6) is -4.15. The molecule has 0 bridgehead atoms. The lowest BCUT2D eigenvalue weighted by atomic mass is 9.98. The van der Waals surface area contributed by atoms with Gasteiger partial charge >= 0.3 is 0 Å². The van der Waals surface area contributed by atoms with Crippen molar-refractivity contribution in [3.63, 3.8) is 0 Å². The lowest BCUT2D eigenvalue weighted by Gasteiger charge is -2.47. The topological polar surface area (TPSA) is 91.0 Å². The predicted molar refractivity (Wildman–Crippen MR) is 141 cm³/mol. The third-order valence-corrected chi connectivity index (χ3v) is 6.65. The zero-order valence-electron chi connectivity index (χ0n) is 27.8. The number of morpholine rings is 1. The van der Waals surface area contributed by atoms with Gasteiger partial charge in [0.1, 0.15) is 11.9 Å². The summed E-state index contributed by atoms with van der Waals surface area (Å²) in [5.41, 5.74) is -0.00730. The van der Waals surface area contributed by atoms with Crippen LogP contribution in [0.5, 0.6) is 0 Å². The minimum absolute atomic E-state index is 0.0408. The van der Waals surface area contributed by atoms with Gasteiger partial charge in [0.05, 0.1) is 13.9 Å². The third kappa shape index (κ3) is 5.44. The van der Waals surface area contributed by atoms with Crippen molar-refractivity contribution >= 4 is 23.4 Å². The average Bonchev–Trinajstić information content (AvgIpc) is 3.17. The lowest BCUT2D eigenvalue weighted by molar-refractivity contribution is -0.182. The maximum absolute atomic E-state index is 15.4. The zero-order chi connectivity index (χ0) is 32.6. The summed E-state index contributed by atoms with van der Waals surface area (Å²) in [6.07, 6.45) is -6.15. The smallest absolute Gasteiger partial charge is 0.255 e. The maximum Gasteiger partial charge on any atom is 0.255 e. The summed E-state index contributed by atoms with van der Waals surface area (Å²) in [7, 11) is 0. The molecule has 3 aliphatic heterocycles. The van der Waals surface area contributed by atoms with E-state index in [-0.39, 0.29) is 40.1 Å². The van der Waals surface area contributed by atoms with Crippen LogP contribution in [0.3, 0.4) is 0 Å². The van der Waals surface area contributed by atoms with Gasteiger partial charge in [0.2, 0.25) is 11.8 Å². The van der Waals surface area contributed by atoms with Crippen molar-refractivity contribution in [1.82, 2.24) is 15.1 Å². The van der Waals surface area contributed by atoms with Gasteiger partial charge in [-0.05, 0) is 57.8 Å². The van der Waals surface area contributed by atoms with E-state index in [4.69, 9.17) is 13.0 Å². The van der Waals surface area contributed by atoms with E-state index in [1.54, 1.807) is 11.4 Å². The van der Waals surface area contributed by atoms with Gasteiger partial charge in [0.15, 0.2) is 0 Å². The first-order valence-corrected chi connectivity index (χ1v) is 12.4. The SMILES string of the molecule is [2H]C([2H])(Nc1cccc2c1CN(C1C(=O)NC(=O)C([2H])([2H])C1([2H])[2H])C2=O)c1ccc(CN2CC(C)(C)OC(C)(C)C2)cc1F. The second-order valence-corrected chi connectivity index (χ2v) is 11.1. The van der Waals surface area contributed by atoms with Crippen molar-refractivity contribution < 1.29 is 31.7 Å². The Bertz CT molecular complexity index is 1530. The third-order valence-electron chi connectivity index (χ3n) is 6.65. The molecule has 2 aromatic rings. The van der Waals surface area contributed by atoms with Gasteiger partial charge in [-0.1, -0.05) is 18.2 Å². The fourth-order valence-electron chi connectivity index (χ4n) is 5.52. The number of piperidine rings is 1. The molecule has 38 heavy (non-hydrogen) atoms. The molecule has 3 heterocycles. The van der Waals surface area contributed by atoms with Gasteiger partial charge in [-0.2, -0.15) is 0 Å². The van der Waals surface area contributed by atoms with Crippen molar-refractivity contribution in [3.05, 3.63) is 64.5 Å². The number of nitrogens with zero attached hydrogens (tertiary/aromatic N) is 2. The molecule has 2 N–H and O–H groups in total. The number of carbonyl (C=O) groups is 3. The molecule has 5 rings (SSSR count). The van der Waals surface area contributed by atoms with Gasteiger partial charge in [-0.25, -0.2) is 4.39 Å². The molecule has 1 atom stereocenters. The van der Waals surface area contributed by atoms with E-state index < -0.39 is 48.8 Å². The van der Waals surface area contributed by atoms with Crippen molar-refractivity contribution in [1.29, 1.82) is 0 Å². The Labute approximate surface area is 230 Å².